The topological polar surface area (TPSA) is 22.0 Å². The predicted octanol–water partition coefficient (Wildman–Crippen LogP) is 3.56. The molecule has 0 fully saturated rings. The average molecular weight is 349 g/mol. The zero-order valence-corrected chi connectivity index (χ0v) is 11.1. The third-order valence-electron chi connectivity index (χ3n) is 2.61. The number of aryl methyl sites for hydroxylation is 1. The highest BCUT2D eigenvalue weighted by atomic mass is 127. The fourth-order valence-corrected chi connectivity index (χ4v) is 2.16. The van der Waals surface area contributed by atoms with E-state index in [-0.39, 0.29) is 0 Å². The molecule has 2 aromatic rings. The van der Waals surface area contributed by atoms with Crippen LogP contribution in [0.15, 0.2) is 18.3 Å². The standard InChI is InChI=1S/C12H10F2INO/c13-10-4-9-8(7-17)6-16(3-1-2-15)12(9)5-11(10)14/h4-7H,1-3H2. The number of hydrogen-bond donors (Lipinski definition) is 0. The molecule has 2 nitrogen and oxygen atoms in total. The summed E-state index contributed by atoms with van der Waals surface area (Å²) in [6.07, 6.45) is 3.23. The Morgan fingerprint density at radius 1 is 1.29 bits per heavy atom. The largest absolute Gasteiger partial charge is 0.347 e. The monoisotopic (exact) mass is 349 g/mol. The van der Waals surface area contributed by atoms with Crippen LogP contribution in [0, 0.1) is 11.6 Å². The van der Waals surface area contributed by atoms with Crippen LogP contribution in [-0.4, -0.2) is 15.3 Å². The van der Waals surface area contributed by atoms with Crippen molar-refractivity contribution in [3.05, 3.63) is 35.5 Å². The van der Waals surface area contributed by atoms with Gasteiger partial charge in [0.25, 0.3) is 0 Å². The molecule has 1 aromatic carbocycles. The van der Waals surface area contributed by atoms with Gasteiger partial charge in [0.15, 0.2) is 17.9 Å². The lowest BCUT2D eigenvalue weighted by atomic mass is 10.2. The molecule has 0 aliphatic carbocycles. The van der Waals surface area contributed by atoms with Gasteiger partial charge in [-0.05, 0) is 12.5 Å². The SMILES string of the molecule is O=Cc1cn(CCCI)c2cc(F)c(F)cc12. The van der Waals surface area contributed by atoms with Gasteiger partial charge in [-0.3, -0.25) is 4.79 Å². The third-order valence-corrected chi connectivity index (χ3v) is 3.38. The number of carbonyl (C=O) groups is 1. The van der Waals surface area contributed by atoms with Gasteiger partial charge in [0.2, 0.25) is 0 Å². The number of rotatable bonds is 4. The van der Waals surface area contributed by atoms with Crippen molar-refractivity contribution in [2.75, 3.05) is 4.43 Å². The number of alkyl halides is 1. The minimum absolute atomic E-state index is 0.396. The van der Waals surface area contributed by atoms with Crippen LogP contribution in [0.4, 0.5) is 8.78 Å². The number of carbonyl (C=O) groups excluding carboxylic acids is 1. The summed E-state index contributed by atoms with van der Waals surface area (Å²) in [5.41, 5.74) is 0.961. The lowest BCUT2D eigenvalue weighted by Crippen LogP contribution is -1.97. The van der Waals surface area contributed by atoms with Gasteiger partial charge in [0.05, 0.1) is 5.52 Å². The highest BCUT2D eigenvalue weighted by Crippen LogP contribution is 2.23. The zero-order chi connectivity index (χ0) is 12.4. The maximum Gasteiger partial charge on any atom is 0.160 e. The first-order valence-electron chi connectivity index (χ1n) is 5.16. The summed E-state index contributed by atoms with van der Waals surface area (Å²) >= 11 is 2.25. The molecule has 0 atom stereocenters. The van der Waals surface area contributed by atoms with Gasteiger partial charge in [-0.25, -0.2) is 8.78 Å². The van der Waals surface area contributed by atoms with E-state index in [1.165, 1.54) is 0 Å². The fourth-order valence-electron chi connectivity index (χ4n) is 1.82. The molecule has 0 unspecified atom stereocenters. The van der Waals surface area contributed by atoms with Crippen molar-refractivity contribution < 1.29 is 13.6 Å². The minimum atomic E-state index is -0.924. The van der Waals surface area contributed by atoms with E-state index in [1.54, 1.807) is 10.8 Å². The number of hydrogen-bond acceptors (Lipinski definition) is 1. The quantitative estimate of drug-likeness (QED) is 0.470. The number of halogens is 3. The first-order chi connectivity index (χ1) is 8.17. The Bertz CT molecular complexity index is 565. The van der Waals surface area contributed by atoms with Crippen molar-refractivity contribution in [3.8, 4) is 0 Å². The highest BCUT2D eigenvalue weighted by molar-refractivity contribution is 14.1. The van der Waals surface area contributed by atoms with Gasteiger partial charge < -0.3 is 4.57 Å². The Kier molecular flexibility index (Phi) is 3.76. The zero-order valence-electron chi connectivity index (χ0n) is 8.92. The molecule has 0 aliphatic heterocycles. The van der Waals surface area contributed by atoms with E-state index in [2.05, 4.69) is 22.6 Å². The summed E-state index contributed by atoms with van der Waals surface area (Å²) in [6.45, 7) is 0.693. The van der Waals surface area contributed by atoms with E-state index in [9.17, 15) is 13.6 Å². The molecule has 0 aliphatic rings. The molecule has 17 heavy (non-hydrogen) atoms. The molecular weight excluding hydrogens is 339 g/mol. The summed E-state index contributed by atoms with van der Waals surface area (Å²) in [4.78, 5) is 10.9. The van der Waals surface area contributed by atoms with Crippen LogP contribution in [0.25, 0.3) is 10.9 Å². The first-order valence-corrected chi connectivity index (χ1v) is 6.69. The summed E-state index contributed by atoms with van der Waals surface area (Å²) < 4.78 is 29.1. The number of aldehydes is 1. The lowest BCUT2D eigenvalue weighted by Gasteiger charge is -2.03. The van der Waals surface area contributed by atoms with E-state index in [0.29, 0.717) is 29.3 Å². The predicted molar refractivity (Wildman–Crippen MR) is 70.7 cm³/mol. The molecule has 0 saturated carbocycles. The van der Waals surface area contributed by atoms with Crippen molar-refractivity contribution in [1.29, 1.82) is 0 Å². The van der Waals surface area contributed by atoms with E-state index >= 15 is 0 Å². The summed E-state index contributed by atoms with van der Waals surface area (Å²) in [6, 6.07) is 2.22. The summed E-state index contributed by atoms with van der Waals surface area (Å²) in [5, 5.41) is 0.465. The Hall–Kier alpha value is -0.980. The Labute approximate surface area is 111 Å². The second-order valence-electron chi connectivity index (χ2n) is 3.72. The van der Waals surface area contributed by atoms with Crippen molar-refractivity contribution >= 4 is 39.8 Å². The molecule has 0 saturated heterocycles. The van der Waals surface area contributed by atoms with E-state index in [4.69, 9.17) is 0 Å². The molecule has 90 valence electrons. The Morgan fingerprint density at radius 2 is 2.00 bits per heavy atom. The fraction of sp³-hybridized carbons (Fsp3) is 0.250. The van der Waals surface area contributed by atoms with Crippen LogP contribution >= 0.6 is 22.6 Å². The molecule has 0 amide bonds. The molecular formula is C12H10F2INO. The van der Waals surface area contributed by atoms with Crippen molar-refractivity contribution in [2.45, 2.75) is 13.0 Å². The van der Waals surface area contributed by atoms with Crippen LogP contribution in [0.2, 0.25) is 0 Å². The molecule has 1 aromatic heterocycles. The van der Waals surface area contributed by atoms with Crippen LogP contribution in [0.5, 0.6) is 0 Å². The van der Waals surface area contributed by atoms with Gasteiger partial charge >= 0.3 is 0 Å². The van der Waals surface area contributed by atoms with Crippen LogP contribution in [0.3, 0.4) is 0 Å². The van der Waals surface area contributed by atoms with Gasteiger partial charge in [-0.15, -0.1) is 0 Å². The molecule has 0 radical (unpaired) electrons. The molecule has 0 spiro atoms. The number of fused-ring (bicyclic) bond motifs is 1. The highest BCUT2D eigenvalue weighted by Gasteiger charge is 2.12. The number of aromatic nitrogens is 1. The normalized spacial score (nSPS) is 11.0. The maximum absolute atomic E-state index is 13.2. The summed E-state index contributed by atoms with van der Waals surface area (Å²) in [5.74, 6) is -1.81. The number of nitrogens with zero attached hydrogens (tertiary/aromatic N) is 1. The first kappa shape index (κ1) is 12.5. The van der Waals surface area contributed by atoms with Crippen LogP contribution in [-0.2, 0) is 6.54 Å². The van der Waals surface area contributed by atoms with Gasteiger partial charge in [-0.1, -0.05) is 22.6 Å². The third kappa shape index (κ3) is 2.34. The van der Waals surface area contributed by atoms with Gasteiger partial charge in [0.1, 0.15) is 0 Å². The van der Waals surface area contributed by atoms with Crippen molar-refractivity contribution in [1.82, 2.24) is 4.57 Å². The molecule has 0 N–H and O–H groups in total. The summed E-state index contributed by atoms with van der Waals surface area (Å²) in [7, 11) is 0. The smallest absolute Gasteiger partial charge is 0.160 e. The molecule has 5 heteroatoms. The molecule has 2 rings (SSSR count). The molecule has 1 heterocycles. The molecule has 0 bridgehead atoms. The Balaban J connectivity index is 2.60. The van der Waals surface area contributed by atoms with Gasteiger partial charge in [-0.2, -0.15) is 0 Å². The maximum atomic E-state index is 13.2. The van der Waals surface area contributed by atoms with Crippen LogP contribution in [0.1, 0.15) is 16.8 Å². The van der Waals surface area contributed by atoms with E-state index in [0.717, 1.165) is 23.0 Å². The van der Waals surface area contributed by atoms with E-state index in [1.807, 2.05) is 0 Å². The Morgan fingerprint density at radius 3 is 2.65 bits per heavy atom. The number of benzene rings is 1. The van der Waals surface area contributed by atoms with Gasteiger partial charge in [0, 0.05) is 34.2 Å². The van der Waals surface area contributed by atoms with Crippen LogP contribution < -0.4 is 0 Å². The second-order valence-corrected chi connectivity index (χ2v) is 4.80. The second kappa shape index (κ2) is 5.12. The van der Waals surface area contributed by atoms with E-state index < -0.39 is 11.6 Å². The van der Waals surface area contributed by atoms with Crippen molar-refractivity contribution in [2.24, 2.45) is 0 Å². The average Bonchev–Trinajstić information content (AvgIpc) is 2.65. The lowest BCUT2D eigenvalue weighted by molar-refractivity contribution is 0.112. The minimum Gasteiger partial charge on any atom is -0.347 e. The van der Waals surface area contributed by atoms with Crippen molar-refractivity contribution in [3.63, 3.8) is 0 Å².